The number of esters is 1. The van der Waals surface area contributed by atoms with Crippen LogP contribution in [0, 0.1) is 0 Å². The maximum Gasteiger partial charge on any atom is 0.340 e. The number of nitrogens with zero attached hydrogens (tertiary/aromatic N) is 1. The zero-order valence-electron chi connectivity index (χ0n) is 16.2. The molecule has 1 amide bonds. The van der Waals surface area contributed by atoms with E-state index < -0.39 is 28.3 Å². The third kappa shape index (κ3) is 5.35. The van der Waals surface area contributed by atoms with Gasteiger partial charge in [0, 0.05) is 18.3 Å². The summed E-state index contributed by atoms with van der Waals surface area (Å²) in [5.41, 5.74) is 1.71. The van der Waals surface area contributed by atoms with E-state index in [1.807, 2.05) is 30.3 Å². The number of benzene rings is 2. The summed E-state index contributed by atoms with van der Waals surface area (Å²) in [6.07, 6.45) is 0.416. The second-order valence-electron chi connectivity index (χ2n) is 6.85. The fourth-order valence-corrected chi connectivity index (χ4v) is 5.13. The van der Waals surface area contributed by atoms with Crippen molar-refractivity contribution >= 4 is 33.1 Å². The maximum atomic E-state index is 12.6. The molecule has 1 aliphatic heterocycles. The predicted molar refractivity (Wildman–Crippen MR) is 111 cm³/mol. The minimum atomic E-state index is -3.10. The summed E-state index contributed by atoms with van der Waals surface area (Å²) in [5, 5.41) is 3.17. The van der Waals surface area contributed by atoms with Crippen molar-refractivity contribution in [2.45, 2.75) is 19.4 Å². The van der Waals surface area contributed by atoms with Gasteiger partial charge < -0.3 is 15.0 Å². The number of sulfone groups is 1. The lowest BCUT2D eigenvalue weighted by atomic mass is 10.1. The van der Waals surface area contributed by atoms with Crippen molar-refractivity contribution in [3.8, 4) is 0 Å². The number of hydrogen-bond acceptors (Lipinski definition) is 6. The highest BCUT2D eigenvalue weighted by Gasteiger charge is 2.34. The Balaban J connectivity index is 1.64. The summed E-state index contributed by atoms with van der Waals surface area (Å²) in [7, 11) is -3.10. The van der Waals surface area contributed by atoms with Crippen LogP contribution in [0.3, 0.4) is 0 Å². The number of carbonyl (C=O) groups excluding carboxylic acids is 2. The summed E-state index contributed by atoms with van der Waals surface area (Å²) in [5.74, 6) is -0.964. The normalized spacial score (nSPS) is 17.5. The van der Waals surface area contributed by atoms with Crippen LogP contribution in [0.2, 0.25) is 0 Å². The summed E-state index contributed by atoms with van der Waals surface area (Å²) in [6.45, 7) is 1.72. The molecule has 2 aromatic rings. The Hall–Kier alpha value is -2.87. The van der Waals surface area contributed by atoms with Crippen molar-refractivity contribution in [1.82, 2.24) is 4.90 Å². The molecular weight excluding hydrogens is 392 g/mol. The molecule has 1 atom stereocenters. The Morgan fingerprint density at radius 1 is 1.10 bits per heavy atom. The van der Waals surface area contributed by atoms with E-state index in [2.05, 4.69) is 5.32 Å². The van der Waals surface area contributed by atoms with Gasteiger partial charge in [0.05, 0.1) is 22.8 Å². The fraction of sp³-hybridized carbons (Fsp3) is 0.333. The van der Waals surface area contributed by atoms with E-state index in [4.69, 9.17) is 4.74 Å². The molecule has 0 saturated carbocycles. The van der Waals surface area contributed by atoms with E-state index in [9.17, 15) is 18.0 Å². The zero-order valence-corrected chi connectivity index (χ0v) is 17.0. The zero-order chi connectivity index (χ0) is 20.9. The van der Waals surface area contributed by atoms with Gasteiger partial charge in [-0.15, -0.1) is 0 Å². The minimum absolute atomic E-state index is 0.0373. The van der Waals surface area contributed by atoms with Crippen molar-refractivity contribution in [2.24, 2.45) is 0 Å². The van der Waals surface area contributed by atoms with Crippen LogP contribution >= 0.6 is 0 Å². The quantitative estimate of drug-likeness (QED) is 0.698. The van der Waals surface area contributed by atoms with Crippen molar-refractivity contribution in [2.75, 3.05) is 30.0 Å². The molecule has 2 aromatic carbocycles. The summed E-state index contributed by atoms with van der Waals surface area (Å²) >= 11 is 0. The second-order valence-corrected chi connectivity index (χ2v) is 9.08. The highest BCUT2D eigenvalue weighted by Crippen LogP contribution is 2.22. The molecule has 8 heteroatoms. The van der Waals surface area contributed by atoms with Crippen LogP contribution in [0.25, 0.3) is 0 Å². The first kappa shape index (κ1) is 20.9. The first-order valence-electron chi connectivity index (χ1n) is 9.47. The number of ether oxygens (including phenoxy) is 1. The Morgan fingerprint density at radius 3 is 2.45 bits per heavy atom. The Morgan fingerprint density at radius 2 is 1.79 bits per heavy atom. The van der Waals surface area contributed by atoms with Gasteiger partial charge >= 0.3 is 5.97 Å². The number of hydrogen-bond donors (Lipinski definition) is 1. The van der Waals surface area contributed by atoms with E-state index >= 15 is 0 Å². The molecule has 7 nitrogen and oxygen atoms in total. The molecule has 0 spiro atoms. The van der Waals surface area contributed by atoms with E-state index in [0.717, 1.165) is 5.69 Å². The smallest absolute Gasteiger partial charge is 0.340 e. The lowest BCUT2D eigenvalue weighted by Crippen LogP contribution is -2.43. The molecule has 0 unspecified atom stereocenters. The van der Waals surface area contributed by atoms with E-state index in [1.54, 1.807) is 31.2 Å². The maximum absolute atomic E-state index is 12.6. The van der Waals surface area contributed by atoms with Crippen molar-refractivity contribution in [3.05, 3.63) is 60.2 Å². The molecule has 29 heavy (non-hydrogen) atoms. The van der Waals surface area contributed by atoms with Crippen LogP contribution in [0.4, 0.5) is 11.4 Å². The molecule has 1 heterocycles. The molecule has 1 fully saturated rings. The highest BCUT2D eigenvalue weighted by atomic mass is 32.2. The predicted octanol–water partition coefficient (Wildman–Crippen LogP) is 2.62. The lowest BCUT2D eigenvalue weighted by Gasteiger charge is -2.26. The molecule has 1 N–H and O–H groups in total. The SMILES string of the molecule is CCN(C(=O)COC(=O)c1ccccc1Nc1ccccc1)[C@H]1CCS(=O)(=O)C1. The molecule has 3 rings (SSSR count). The topological polar surface area (TPSA) is 92.8 Å². The third-order valence-electron chi connectivity index (χ3n) is 4.84. The van der Waals surface area contributed by atoms with Crippen LogP contribution in [0.1, 0.15) is 23.7 Å². The van der Waals surface area contributed by atoms with Crippen LogP contribution in [-0.2, 0) is 19.4 Å². The number of nitrogens with one attached hydrogen (secondary N) is 1. The standard InChI is InChI=1S/C21H24N2O5S/c1-2-23(17-12-13-29(26,27)15-17)20(24)14-28-21(25)18-10-6-7-11-19(18)22-16-8-4-3-5-9-16/h3-11,17,22H,2,12-15H2,1H3/t17-/m0/s1. The number of carbonyl (C=O) groups is 2. The Kier molecular flexibility index (Phi) is 6.53. The molecule has 0 aliphatic carbocycles. The number of para-hydroxylation sites is 2. The number of likely N-dealkylation sites (N-methyl/N-ethyl adjacent to an activating group) is 1. The van der Waals surface area contributed by atoms with Gasteiger partial charge in [0.2, 0.25) is 0 Å². The molecule has 154 valence electrons. The van der Waals surface area contributed by atoms with E-state index in [1.165, 1.54) is 4.90 Å². The average molecular weight is 416 g/mol. The van der Waals surface area contributed by atoms with Crippen molar-refractivity contribution < 1.29 is 22.7 Å². The van der Waals surface area contributed by atoms with Crippen molar-refractivity contribution in [3.63, 3.8) is 0 Å². The number of anilines is 2. The van der Waals surface area contributed by atoms with E-state index in [-0.39, 0.29) is 17.5 Å². The van der Waals surface area contributed by atoms with Crippen LogP contribution in [0.5, 0.6) is 0 Å². The van der Waals surface area contributed by atoms with Crippen LogP contribution < -0.4 is 5.32 Å². The monoisotopic (exact) mass is 416 g/mol. The Labute approximate surface area is 170 Å². The van der Waals surface area contributed by atoms with Gasteiger partial charge in [0.1, 0.15) is 0 Å². The fourth-order valence-electron chi connectivity index (χ4n) is 3.39. The van der Waals surface area contributed by atoms with Gasteiger partial charge in [-0.05, 0) is 37.6 Å². The largest absolute Gasteiger partial charge is 0.452 e. The molecule has 0 radical (unpaired) electrons. The molecule has 0 bridgehead atoms. The van der Waals surface area contributed by atoms with Gasteiger partial charge in [0.25, 0.3) is 5.91 Å². The first-order chi connectivity index (χ1) is 13.9. The van der Waals surface area contributed by atoms with Gasteiger partial charge in [-0.3, -0.25) is 4.79 Å². The number of rotatable bonds is 7. The molecule has 0 aromatic heterocycles. The van der Waals surface area contributed by atoms with Gasteiger partial charge in [-0.25, -0.2) is 13.2 Å². The van der Waals surface area contributed by atoms with Gasteiger partial charge in [-0.2, -0.15) is 0 Å². The van der Waals surface area contributed by atoms with Gasteiger partial charge in [0.15, 0.2) is 16.4 Å². The summed E-state index contributed by atoms with van der Waals surface area (Å²) in [6, 6.07) is 15.9. The summed E-state index contributed by atoms with van der Waals surface area (Å²) < 4.78 is 28.6. The summed E-state index contributed by atoms with van der Waals surface area (Å²) in [4.78, 5) is 26.6. The lowest BCUT2D eigenvalue weighted by molar-refractivity contribution is -0.136. The Bertz CT molecular complexity index is 976. The van der Waals surface area contributed by atoms with Gasteiger partial charge in [-0.1, -0.05) is 30.3 Å². The molecule has 1 aliphatic rings. The van der Waals surface area contributed by atoms with Crippen LogP contribution in [0.15, 0.2) is 54.6 Å². The average Bonchev–Trinajstić information content (AvgIpc) is 3.07. The third-order valence-corrected chi connectivity index (χ3v) is 6.59. The molecular formula is C21H24N2O5S. The second kappa shape index (κ2) is 9.09. The van der Waals surface area contributed by atoms with E-state index in [0.29, 0.717) is 24.2 Å². The highest BCUT2D eigenvalue weighted by molar-refractivity contribution is 7.91. The van der Waals surface area contributed by atoms with Crippen LogP contribution in [-0.4, -0.2) is 55.9 Å². The number of amides is 1. The first-order valence-corrected chi connectivity index (χ1v) is 11.3. The van der Waals surface area contributed by atoms with Crippen molar-refractivity contribution in [1.29, 1.82) is 0 Å². The minimum Gasteiger partial charge on any atom is -0.452 e. The molecule has 1 saturated heterocycles.